The number of methoxy groups -OCH3 is 2. The van der Waals surface area contributed by atoms with Crippen molar-refractivity contribution in [2.45, 2.75) is 13.3 Å². The number of hydrogen-bond donors (Lipinski definition) is 0. The molecule has 0 rings (SSSR count). The fourth-order valence-corrected chi connectivity index (χ4v) is 1.23. The first-order valence-electron chi connectivity index (χ1n) is 4.78. The van der Waals surface area contributed by atoms with E-state index in [9.17, 15) is 9.59 Å². The molecule has 0 heterocycles. The van der Waals surface area contributed by atoms with Crippen LogP contribution in [0.5, 0.6) is 0 Å². The van der Waals surface area contributed by atoms with E-state index < -0.39 is 17.9 Å². The van der Waals surface area contributed by atoms with Crippen molar-refractivity contribution in [1.29, 1.82) is 5.26 Å². The first kappa shape index (κ1) is 14.2. The van der Waals surface area contributed by atoms with Crippen molar-refractivity contribution < 1.29 is 19.1 Å². The van der Waals surface area contributed by atoms with E-state index in [4.69, 9.17) is 5.26 Å². The van der Waals surface area contributed by atoms with Gasteiger partial charge < -0.3 is 9.47 Å². The van der Waals surface area contributed by atoms with Gasteiger partial charge in [-0.3, -0.25) is 9.59 Å². The van der Waals surface area contributed by atoms with Crippen LogP contribution in [0, 0.1) is 23.2 Å². The second kappa shape index (κ2) is 7.46. The van der Waals surface area contributed by atoms with Crippen LogP contribution in [0.2, 0.25) is 0 Å². The van der Waals surface area contributed by atoms with E-state index in [0.717, 1.165) is 0 Å². The Morgan fingerprint density at radius 3 is 2.19 bits per heavy atom. The summed E-state index contributed by atoms with van der Waals surface area (Å²) in [6.07, 6.45) is 3.20. The summed E-state index contributed by atoms with van der Waals surface area (Å²) in [5.41, 5.74) is 0. The van der Waals surface area contributed by atoms with Gasteiger partial charge in [-0.05, 0) is 12.3 Å². The first-order valence-corrected chi connectivity index (χ1v) is 4.78. The third-order valence-electron chi connectivity index (χ3n) is 2.08. The Bertz CT molecular complexity index is 300. The number of rotatable bonds is 5. The van der Waals surface area contributed by atoms with E-state index in [1.807, 2.05) is 6.07 Å². The molecule has 0 fully saturated rings. The van der Waals surface area contributed by atoms with E-state index in [1.165, 1.54) is 20.3 Å². The highest BCUT2D eigenvalue weighted by atomic mass is 16.5. The lowest BCUT2D eigenvalue weighted by atomic mass is 9.95. The fraction of sp³-hybridized carbons (Fsp3) is 0.545. The van der Waals surface area contributed by atoms with Crippen molar-refractivity contribution in [2.75, 3.05) is 14.2 Å². The number of hydrogen-bond acceptors (Lipinski definition) is 5. The molecule has 0 saturated carbocycles. The van der Waals surface area contributed by atoms with Crippen molar-refractivity contribution in [1.82, 2.24) is 0 Å². The summed E-state index contributed by atoms with van der Waals surface area (Å²) in [5.74, 6) is -2.26. The van der Waals surface area contributed by atoms with Crippen molar-refractivity contribution in [3.63, 3.8) is 0 Å². The maximum atomic E-state index is 11.3. The van der Waals surface area contributed by atoms with Gasteiger partial charge in [-0.25, -0.2) is 0 Å². The highest BCUT2D eigenvalue weighted by Gasteiger charge is 2.29. The SMILES string of the molecule is COC(=O)C(C[C@H](C)/C=C\C#N)C(=O)OC. The van der Waals surface area contributed by atoms with E-state index in [1.54, 1.807) is 13.0 Å². The molecule has 0 radical (unpaired) electrons. The number of allylic oxidation sites excluding steroid dienone is 2. The summed E-state index contributed by atoms with van der Waals surface area (Å²) in [5, 5.41) is 8.34. The Morgan fingerprint density at radius 2 is 1.81 bits per heavy atom. The second-order valence-electron chi connectivity index (χ2n) is 3.30. The highest BCUT2D eigenvalue weighted by Crippen LogP contribution is 2.16. The smallest absolute Gasteiger partial charge is 0.320 e. The van der Waals surface area contributed by atoms with Gasteiger partial charge in [0.1, 0.15) is 0 Å². The number of carbonyl (C=O) groups is 2. The number of ether oxygens (including phenoxy) is 2. The maximum Gasteiger partial charge on any atom is 0.320 e. The van der Waals surface area contributed by atoms with Crippen LogP contribution in [0.1, 0.15) is 13.3 Å². The molecule has 5 heteroatoms. The Kier molecular flexibility index (Phi) is 6.61. The van der Waals surface area contributed by atoms with Crippen LogP contribution in [-0.2, 0) is 19.1 Å². The molecular weight excluding hydrogens is 210 g/mol. The molecule has 0 bridgehead atoms. The van der Waals surface area contributed by atoms with Gasteiger partial charge in [0, 0.05) is 6.08 Å². The van der Waals surface area contributed by atoms with Crippen LogP contribution in [0.4, 0.5) is 0 Å². The first-order chi connectivity index (χ1) is 7.56. The topological polar surface area (TPSA) is 76.4 Å². The van der Waals surface area contributed by atoms with Gasteiger partial charge in [-0.1, -0.05) is 13.0 Å². The highest BCUT2D eigenvalue weighted by molar-refractivity contribution is 5.94. The van der Waals surface area contributed by atoms with Gasteiger partial charge >= 0.3 is 11.9 Å². The van der Waals surface area contributed by atoms with Crippen molar-refractivity contribution in [3.8, 4) is 6.07 Å². The standard InChI is InChI=1S/C11H15NO4/c1-8(5-4-6-12)7-9(10(13)15-2)11(14)16-3/h4-5,8-9H,7H2,1-3H3/b5-4-/t8-/m1/s1. The largest absolute Gasteiger partial charge is 0.468 e. The van der Waals surface area contributed by atoms with Crippen molar-refractivity contribution >= 4 is 11.9 Å². The molecule has 16 heavy (non-hydrogen) atoms. The number of nitriles is 1. The molecule has 0 aromatic carbocycles. The van der Waals surface area contributed by atoms with Gasteiger partial charge in [0.2, 0.25) is 0 Å². The monoisotopic (exact) mass is 225 g/mol. The van der Waals surface area contributed by atoms with Crippen LogP contribution in [0.25, 0.3) is 0 Å². The number of esters is 2. The van der Waals surface area contributed by atoms with Crippen LogP contribution in [0.15, 0.2) is 12.2 Å². The summed E-state index contributed by atoms with van der Waals surface area (Å²) in [4.78, 5) is 22.6. The zero-order valence-electron chi connectivity index (χ0n) is 9.60. The van der Waals surface area contributed by atoms with Gasteiger partial charge in [-0.15, -0.1) is 0 Å². The summed E-state index contributed by atoms with van der Waals surface area (Å²) in [6.45, 7) is 1.80. The second-order valence-corrected chi connectivity index (χ2v) is 3.30. The average Bonchev–Trinajstić information content (AvgIpc) is 2.31. The molecule has 0 spiro atoms. The quantitative estimate of drug-likeness (QED) is 0.397. The lowest BCUT2D eigenvalue weighted by molar-refractivity contribution is -0.159. The molecule has 88 valence electrons. The van der Waals surface area contributed by atoms with Gasteiger partial charge in [0.15, 0.2) is 5.92 Å². The predicted molar refractivity (Wildman–Crippen MR) is 56.1 cm³/mol. The Morgan fingerprint density at radius 1 is 1.31 bits per heavy atom. The molecule has 5 nitrogen and oxygen atoms in total. The average molecular weight is 225 g/mol. The molecule has 0 aliphatic rings. The van der Waals surface area contributed by atoms with Crippen LogP contribution < -0.4 is 0 Å². The van der Waals surface area contributed by atoms with E-state index in [2.05, 4.69) is 9.47 Å². The zero-order valence-corrected chi connectivity index (χ0v) is 9.60. The maximum absolute atomic E-state index is 11.3. The van der Waals surface area contributed by atoms with Gasteiger partial charge in [0.25, 0.3) is 0 Å². The van der Waals surface area contributed by atoms with Crippen molar-refractivity contribution in [3.05, 3.63) is 12.2 Å². The number of nitrogens with zero attached hydrogens (tertiary/aromatic N) is 1. The third kappa shape index (κ3) is 4.60. The molecule has 0 aromatic rings. The van der Waals surface area contributed by atoms with Crippen LogP contribution >= 0.6 is 0 Å². The molecule has 0 unspecified atom stereocenters. The normalized spacial score (nSPS) is 12.2. The lowest BCUT2D eigenvalue weighted by Gasteiger charge is -2.14. The molecule has 1 atom stereocenters. The third-order valence-corrected chi connectivity index (χ3v) is 2.08. The predicted octanol–water partition coefficient (Wildman–Crippen LogP) is 1.05. The Hall–Kier alpha value is -1.83. The van der Waals surface area contributed by atoms with E-state index >= 15 is 0 Å². The Labute approximate surface area is 94.6 Å². The van der Waals surface area contributed by atoms with Gasteiger partial charge in [-0.2, -0.15) is 5.26 Å². The molecule has 0 saturated heterocycles. The minimum absolute atomic E-state index is 0.0807. The van der Waals surface area contributed by atoms with Crippen LogP contribution in [0.3, 0.4) is 0 Å². The minimum atomic E-state index is -0.937. The van der Waals surface area contributed by atoms with Gasteiger partial charge in [0.05, 0.1) is 20.3 Å². The van der Waals surface area contributed by atoms with E-state index in [0.29, 0.717) is 0 Å². The van der Waals surface area contributed by atoms with E-state index in [-0.39, 0.29) is 12.3 Å². The Balaban J connectivity index is 4.56. The molecule has 0 aromatic heterocycles. The fourth-order valence-electron chi connectivity index (χ4n) is 1.23. The number of carbonyl (C=O) groups excluding carboxylic acids is 2. The lowest BCUT2D eigenvalue weighted by Crippen LogP contribution is -2.27. The summed E-state index contributed by atoms with van der Waals surface area (Å²) in [7, 11) is 2.43. The molecule has 0 aliphatic heterocycles. The molecule has 0 N–H and O–H groups in total. The zero-order chi connectivity index (χ0) is 12.6. The summed E-state index contributed by atoms with van der Waals surface area (Å²) >= 11 is 0. The van der Waals surface area contributed by atoms with Crippen molar-refractivity contribution in [2.24, 2.45) is 11.8 Å². The molecule has 0 amide bonds. The van der Waals surface area contributed by atoms with Crippen LogP contribution in [-0.4, -0.2) is 26.2 Å². The molecular formula is C11H15NO4. The molecule has 0 aliphatic carbocycles. The summed E-state index contributed by atoms with van der Waals surface area (Å²) < 4.78 is 9.02. The minimum Gasteiger partial charge on any atom is -0.468 e. The summed E-state index contributed by atoms with van der Waals surface area (Å²) in [6, 6.07) is 1.85.